The average Bonchev–Trinajstić information content (AvgIpc) is 3.11. The van der Waals surface area contributed by atoms with Gasteiger partial charge in [0.05, 0.1) is 29.5 Å². The Balaban J connectivity index is 1.43. The summed E-state index contributed by atoms with van der Waals surface area (Å²) in [6.07, 6.45) is -7.47. The van der Waals surface area contributed by atoms with Crippen molar-refractivity contribution in [2.24, 2.45) is 11.8 Å². The lowest BCUT2D eigenvalue weighted by Crippen LogP contribution is -2.61. The lowest BCUT2D eigenvalue weighted by atomic mass is 9.81. The molecule has 0 bridgehead atoms. The van der Waals surface area contributed by atoms with Crippen LogP contribution in [0.2, 0.25) is 0 Å². The van der Waals surface area contributed by atoms with E-state index >= 15 is 0 Å². The van der Waals surface area contributed by atoms with Crippen molar-refractivity contribution >= 4 is 18.0 Å². The fourth-order valence-corrected chi connectivity index (χ4v) is 4.94. The molecule has 0 amide bonds. The van der Waals surface area contributed by atoms with E-state index in [-0.39, 0.29) is 17.7 Å². The predicted molar refractivity (Wildman–Crippen MR) is 125 cm³/mol. The Bertz CT molecular complexity index is 1080. The molecule has 1 saturated carbocycles. The molecule has 7 N–H and O–H groups in total. The molecule has 1 aromatic rings. The zero-order valence-electron chi connectivity index (χ0n) is 20.2. The number of aromatic hydroxyl groups is 1. The van der Waals surface area contributed by atoms with Crippen molar-refractivity contribution in [3.63, 3.8) is 0 Å². The smallest absolute Gasteiger partial charge is 0.334 e. The molecular weight excluding hydrogens is 508 g/mol. The summed E-state index contributed by atoms with van der Waals surface area (Å²) in [5, 5.41) is 71.1. The maximum atomic E-state index is 12.1. The van der Waals surface area contributed by atoms with Crippen molar-refractivity contribution in [1.82, 2.24) is 0 Å². The minimum atomic E-state index is -1.82. The molecule has 2 aliphatic heterocycles. The van der Waals surface area contributed by atoms with Crippen LogP contribution < -0.4 is 0 Å². The van der Waals surface area contributed by atoms with Crippen LogP contribution in [0, 0.1) is 11.8 Å². The Morgan fingerprint density at radius 3 is 2.42 bits per heavy atom. The minimum Gasteiger partial charge on any atom is -0.508 e. The summed E-state index contributed by atoms with van der Waals surface area (Å²) in [6, 6.07) is 6.01. The highest BCUT2D eigenvalue weighted by Gasteiger charge is 2.59. The second kappa shape index (κ2) is 11.0. The first-order valence-electron chi connectivity index (χ1n) is 11.9. The van der Waals surface area contributed by atoms with Gasteiger partial charge in [0.1, 0.15) is 36.8 Å². The number of aliphatic carboxylic acids is 1. The van der Waals surface area contributed by atoms with Gasteiger partial charge in [-0.3, -0.25) is 0 Å². The quantitative estimate of drug-likeness (QED) is 0.161. The number of phenolic OH excluding ortho intramolecular Hbond substituents is 1. The van der Waals surface area contributed by atoms with E-state index in [0.29, 0.717) is 5.56 Å². The number of carboxylic acids is 1. The first-order valence-corrected chi connectivity index (χ1v) is 11.9. The molecule has 0 spiro atoms. The average molecular weight is 539 g/mol. The van der Waals surface area contributed by atoms with E-state index < -0.39 is 79.1 Å². The van der Waals surface area contributed by atoms with E-state index in [1.54, 1.807) is 12.1 Å². The molecule has 38 heavy (non-hydrogen) atoms. The van der Waals surface area contributed by atoms with Crippen molar-refractivity contribution in [3.05, 3.63) is 47.7 Å². The van der Waals surface area contributed by atoms with Crippen LogP contribution in [0.3, 0.4) is 0 Å². The Kier molecular flexibility index (Phi) is 8.09. The van der Waals surface area contributed by atoms with Gasteiger partial charge in [0.2, 0.25) is 6.29 Å². The molecule has 1 aromatic carbocycles. The molecule has 0 radical (unpaired) electrons. The molecule has 2 heterocycles. The number of carbonyl (C=O) groups excluding carboxylic acids is 1. The molecule has 13 nitrogen and oxygen atoms in total. The van der Waals surface area contributed by atoms with Crippen LogP contribution in [-0.4, -0.2) is 103 Å². The van der Waals surface area contributed by atoms with Crippen LogP contribution in [0.5, 0.6) is 5.75 Å². The summed E-state index contributed by atoms with van der Waals surface area (Å²) in [6.45, 7) is 0.776. The Labute approximate surface area is 216 Å². The molecule has 13 heteroatoms. The summed E-state index contributed by atoms with van der Waals surface area (Å²) in [4.78, 5) is 23.7. The highest BCUT2D eigenvalue weighted by molar-refractivity contribution is 5.87. The van der Waals surface area contributed by atoms with Gasteiger partial charge in [0, 0.05) is 12.0 Å². The second-order valence-corrected chi connectivity index (χ2v) is 9.70. The van der Waals surface area contributed by atoms with Crippen molar-refractivity contribution in [2.45, 2.75) is 62.0 Å². The summed E-state index contributed by atoms with van der Waals surface area (Å²) in [7, 11) is 0. The standard InChI is InChI=1S/C25H30O13/c1-25(34)16(27)8-13-14(22(32)33)9-36-23(18(13)25)38-24-21(31)20(30)19(29)15(37-24)10-35-17(28)7-4-11-2-5-12(26)6-3-11/h2-7,9,13,15-16,18-21,23-24,26-27,29-31,34H,8,10H2,1H3,(H,32,33)/t13-,15-,16+,18-,19-,20+,21-,23+,24+,25+/m1/s1. The molecule has 1 saturated heterocycles. The third-order valence-corrected chi connectivity index (χ3v) is 7.16. The van der Waals surface area contributed by atoms with Crippen LogP contribution in [0.1, 0.15) is 18.9 Å². The molecular formula is C25H30O13. The first kappa shape index (κ1) is 28.0. The van der Waals surface area contributed by atoms with Gasteiger partial charge >= 0.3 is 11.9 Å². The summed E-state index contributed by atoms with van der Waals surface area (Å²) in [5.41, 5.74) is -1.38. The van der Waals surface area contributed by atoms with Gasteiger partial charge in [-0.15, -0.1) is 0 Å². The number of rotatable bonds is 7. The minimum absolute atomic E-state index is 0.0610. The van der Waals surface area contributed by atoms with Gasteiger partial charge in [-0.05, 0) is 37.1 Å². The van der Waals surface area contributed by atoms with Crippen LogP contribution in [0.25, 0.3) is 6.08 Å². The zero-order chi connectivity index (χ0) is 27.8. The zero-order valence-corrected chi connectivity index (χ0v) is 20.2. The summed E-state index contributed by atoms with van der Waals surface area (Å²) < 4.78 is 21.7. The van der Waals surface area contributed by atoms with Crippen LogP contribution in [0.15, 0.2) is 42.2 Å². The van der Waals surface area contributed by atoms with Gasteiger partial charge in [-0.2, -0.15) is 0 Å². The fourth-order valence-electron chi connectivity index (χ4n) is 4.94. The second-order valence-electron chi connectivity index (χ2n) is 9.70. The van der Waals surface area contributed by atoms with E-state index in [1.807, 2.05) is 0 Å². The predicted octanol–water partition coefficient (Wildman–Crippen LogP) is -1.15. The number of ether oxygens (including phenoxy) is 4. The number of phenols is 1. The van der Waals surface area contributed by atoms with Gasteiger partial charge in [-0.25, -0.2) is 9.59 Å². The first-order chi connectivity index (χ1) is 17.9. The number of carboxylic acid groups (broad SMARTS) is 1. The molecule has 0 unspecified atom stereocenters. The highest BCUT2D eigenvalue weighted by Crippen LogP contribution is 2.49. The number of esters is 1. The van der Waals surface area contributed by atoms with E-state index in [1.165, 1.54) is 25.1 Å². The monoisotopic (exact) mass is 538 g/mol. The van der Waals surface area contributed by atoms with Crippen molar-refractivity contribution in [1.29, 1.82) is 0 Å². The van der Waals surface area contributed by atoms with Gasteiger partial charge in [0.25, 0.3) is 0 Å². The Morgan fingerprint density at radius 2 is 1.76 bits per heavy atom. The number of benzene rings is 1. The molecule has 208 valence electrons. The van der Waals surface area contributed by atoms with Crippen LogP contribution >= 0.6 is 0 Å². The number of hydrogen-bond donors (Lipinski definition) is 7. The number of fused-ring (bicyclic) bond motifs is 1. The lowest BCUT2D eigenvalue weighted by Gasteiger charge is -2.44. The fraction of sp³-hybridized carbons (Fsp3) is 0.520. The maximum Gasteiger partial charge on any atom is 0.334 e. The SMILES string of the molecule is C[C@@]1(O)[C@H]2[C@H](O[C@@H]3O[C@H](COC(=O)C=Cc4ccc(O)cc4)[C@@H](O)[C@H](O)[C@H]3O)OC=C(C(=O)O)[C@H]2C[C@@H]1O. The summed E-state index contributed by atoms with van der Waals surface area (Å²) >= 11 is 0. The molecule has 3 aliphatic rings. The lowest BCUT2D eigenvalue weighted by molar-refractivity contribution is -0.347. The highest BCUT2D eigenvalue weighted by atomic mass is 16.8. The van der Waals surface area contributed by atoms with Crippen molar-refractivity contribution in [2.75, 3.05) is 6.61 Å². The van der Waals surface area contributed by atoms with Crippen LogP contribution in [0.4, 0.5) is 0 Å². The molecule has 4 rings (SSSR count). The topological polar surface area (TPSA) is 213 Å². The number of hydrogen-bond acceptors (Lipinski definition) is 12. The van der Waals surface area contributed by atoms with Crippen molar-refractivity contribution < 1.29 is 64.3 Å². The molecule has 0 aromatic heterocycles. The molecule has 1 aliphatic carbocycles. The molecule has 10 atom stereocenters. The normalized spacial score (nSPS) is 38.8. The largest absolute Gasteiger partial charge is 0.508 e. The van der Waals surface area contributed by atoms with Gasteiger partial charge in [0.15, 0.2) is 6.29 Å². The number of carbonyl (C=O) groups is 2. The third kappa shape index (κ3) is 5.54. The number of aliphatic hydroxyl groups excluding tert-OH is 4. The van der Waals surface area contributed by atoms with Gasteiger partial charge in [-0.1, -0.05) is 12.1 Å². The Morgan fingerprint density at radius 1 is 1.08 bits per heavy atom. The van der Waals surface area contributed by atoms with Gasteiger partial charge < -0.3 is 54.7 Å². The van der Waals surface area contributed by atoms with E-state index in [2.05, 4.69) is 0 Å². The number of aliphatic hydroxyl groups is 5. The van der Waals surface area contributed by atoms with E-state index in [4.69, 9.17) is 18.9 Å². The molecule has 2 fully saturated rings. The maximum absolute atomic E-state index is 12.1. The van der Waals surface area contributed by atoms with E-state index in [9.17, 15) is 45.3 Å². The van der Waals surface area contributed by atoms with Crippen LogP contribution in [-0.2, 0) is 28.5 Å². The van der Waals surface area contributed by atoms with Crippen molar-refractivity contribution in [3.8, 4) is 5.75 Å². The third-order valence-electron chi connectivity index (χ3n) is 7.16. The summed E-state index contributed by atoms with van der Waals surface area (Å²) in [5.74, 6) is -3.95. The van der Waals surface area contributed by atoms with E-state index in [0.717, 1.165) is 12.3 Å². The Hall–Kier alpha value is -3.04.